The molecule has 1 aliphatic rings. The van der Waals surface area contributed by atoms with E-state index in [9.17, 15) is 14.9 Å². The number of allylic oxidation sites excluding steroid dienone is 1. The molecular formula is C10H7NO5. The van der Waals surface area contributed by atoms with Crippen LogP contribution in [0.2, 0.25) is 0 Å². The van der Waals surface area contributed by atoms with Gasteiger partial charge in [-0.2, -0.15) is 0 Å². The molecule has 0 unspecified atom stereocenters. The summed E-state index contributed by atoms with van der Waals surface area (Å²) in [6.07, 6.45) is 2.93. The smallest absolute Gasteiger partial charge is 0.428 e. The lowest BCUT2D eigenvalue weighted by Crippen LogP contribution is -1.95. The van der Waals surface area contributed by atoms with Gasteiger partial charge in [-0.1, -0.05) is 0 Å². The average Bonchev–Trinajstić information content (AvgIpc) is 2.75. The molecule has 0 fully saturated rings. The molecule has 82 valence electrons. The Labute approximate surface area is 90.0 Å². The van der Waals surface area contributed by atoms with E-state index in [0.717, 1.165) is 0 Å². The molecule has 0 N–H and O–H groups in total. The van der Waals surface area contributed by atoms with E-state index in [2.05, 4.69) is 0 Å². The summed E-state index contributed by atoms with van der Waals surface area (Å²) < 4.78 is 9.66. The Morgan fingerprint density at radius 2 is 2.19 bits per heavy atom. The molecule has 0 bridgehead atoms. The second kappa shape index (κ2) is 3.65. The Morgan fingerprint density at radius 3 is 2.69 bits per heavy atom. The second-order valence-corrected chi connectivity index (χ2v) is 3.18. The molecule has 0 aliphatic carbocycles. The minimum atomic E-state index is -0.643. The summed E-state index contributed by atoms with van der Waals surface area (Å²) in [5, 5.41) is 10.4. The van der Waals surface area contributed by atoms with Crippen molar-refractivity contribution in [2.45, 2.75) is 6.92 Å². The molecular weight excluding hydrogens is 214 g/mol. The maximum absolute atomic E-state index is 11.2. The van der Waals surface area contributed by atoms with Crippen LogP contribution in [-0.2, 0) is 9.53 Å². The van der Waals surface area contributed by atoms with E-state index in [1.54, 1.807) is 6.92 Å². The molecule has 0 aromatic carbocycles. The summed E-state index contributed by atoms with van der Waals surface area (Å²) in [6, 6.07) is 2.64. The first-order valence-electron chi connectivity index (χ1n) is 4.42. The highest BCUT2D eigenvalue weighted by atomic mass is 16.6. The number of nitrogens with zero attached hydrogens (tertiary/aromatic N) is 1. The average molecular weight is 221 g/mol. The molecule has 6 nitrogen and oxygen atoms in total. The van der Waals surface area contributed by atoms with Crippen molar-refractivity contribution in [3.63, 3.8) is 0 Å². The molecule has 1 aromatic heterocycles. The number of ether oxygens (including phenoxy) is 1. The quantitative estimate of drug-likeness (QED) is 0.330. The Balaban J connectivity index is 2.29. The Morgan fingerprint density at radius 1 is 1.44 bits per heavy atom. The van der Waals surface area contributed by atoms with Crippen LogP contribution in [0, 0.1) is 10.1 Å². The maximum Gasteiger partial charge on any atom is 0.433 e. The van der Waals surface area contributed by atoms with Crippen molar-refractivity contribution >= 4 is 17.9 Å². The van der Waals surface area contributed by atoms with Gasteiger partial charge in [-0.05, 0) is 25.1 Å². The summed E-state index contributed by atoms with van der Waals surface area (Å²) in [6.45, 7) is 1.64. The van der Waals surface area contributed by atoms with Gasteiger partial charge >= 0.3 is 11.9 Å². The van der Waals surface area contributed by atoms with Crippen molar-refractivity contribution in [3.8, 4) is 0 Å². The molecule has 0 radical (unpaired) electrons. The highest BCUT2D eigenvalue weighted by Crippen LogP contribution is 2.22. The standard InChI is InChI=1S/C10H7NO5/c1-6-4-7(10(12)15-6)5-8-2-3-9(16-8)11(13)14/h2-5H,1H3. The number of carbonyl (C=O) groups is 1. The van der Waals surface area contributed by atoms with Crippen LogP contribution in [0.3, 0.4) is 0 Å². The minimum Gasteiger partial charge on any atom is -0.428 e. The van der Waals surface area contributed by atoms with Crippen LogP contribution in [0.25, 0.3) is 6.08 Å². The maximum atomic E-state index is 11.2. The fraction of sp³-hybridized carbons (Fsp3) is 0.100. The molecule has 2 heterocycles. The zero-order chi connectivity index (χ0) is 11.7. The molecule has 0 atom stereocenters. The molecule has 16 heavy (non-hydrogen) atoms. The fourth-order valence-corrected chi connectivity index (χ4v) is 1.28. The normalized spacial score (nSPS) is 17.4. The number of hydrogen-bond acceptors (Lipinski definition) is 5. The largest absolute Gasteiger partial charge is 0.433 e. The number of furan rings is 1. The summed E-state index contributed by atoms with van der Waals surface area (Å²) in [4.78, 5) is 20.9. The van der Waals surface area contributed by atoms with Crippen LogP contribution < -0.4 is 0 Å². The van der Waals surface area contributed by atoms with Crippen LogP contribution >= 0.6 is 0 Å². The van der Waals surface area contributed by atoms with E-state index in [4.69, 9.17) is 9.15 Å². The minimum absolute atomic E-state index is 0.240. The SMILES string of the molecule is CC1=CC(=Cc2ccc([N+](=O)[O-])o2)C(=O)O1. The number of hydrogen-bond donors (Lipinski definition) is 0. The van der Waals surface area contributed by atoms with Gasteiger partial charge in [-0.3, -0.25) is 10.1 Å². The summed E-state index contributed by atoms with van der Waals surface area (Å²) in [7, 11) is 0. The highest BCUT2D eigenvalue weighted by molar-refractivity contribution is 5.99. The van der Waals surface area contributed by atoms with E-state index in [0.29, 0.717) is 11.3 Å². The van der Waals surface area contributed by atoms with Gasteiger partial charge in [-0.25, -0.2) is 4.79 Å². The third kappa shape index (κ3) is 1.85. The zero-order valence-electron chi connectivity index (χ0n) is 8.30. The van der Waals surface area contributed by atoms with Gasteiger partial charge in [-0.15, -0.1) is 0 Å². The third-order valence-corrected chi connectivity index (χ3v) is 1.94. The lowest BCUT2D eigenvalue weighted by atomic mass is 10.2. The van der Waals surface area contributed by atoms with Crippen molar-refractivity contribution in [2.75, 3.05) is 0 Å². The molecule has 1 aliphatic heterocycles. The third-order valence-electron chi connectivity index (χ3n) is 1.94. The summed E-state index contributed by atoms with van der Waals surface area (Å²) in [5.41, 5.74) is 0.307. The summed E-state index contributed by atoms with van der Waals surface area (Å²) >= 11 is 0. The molecule has 0 saturated heterocycles. The number of carbonyl (C=O) groups excluding carboxylic acids is 1. The van der Waals surface area contributed by atoms with Gasteiger partial charge in [0, 0.05) is 0 Å². The monoisotopic (exact) mass is 221 g/mol. The predicted molar refractivity (Wildman–Crippen MR) is 53.2 cm³/mol. The van der Waals surface area contributed by atoms with Crippen LogP contribution in [0.5, 0.6) is 0 Å². The number of rotatable bonds is 2. The van der Waals surface area contributed by atoms with Gasteiger partial charge < -0.3 is 9.15 Å². The topological polar surface area (TPSA) is 82.6 Å². The van der Waals surface area contributed by atoms with E-state index in [1.807, 2.05) is 0 Å². The van der Waals surface area contributed by atoms with Gasteiger partial charge in [0.1, 0.15) is 16.4 Å². The fourth-order valence-electron chi connectivity index (χ4n) is 1.28. The second-order valence-electron chi connectivity index (χ2n) is 3.18. The molecule has 6 heteroatoms. The Hall–Kier alpha value is -2.37. The zero-order valence-corrected chi connectivity index (χ0v) is 8.30. The first-order valence-corrected chi connectivity index (χ1v) is 4.42. The molecule has 2 rings (SSSR count). The first-order chi connectivity index (χ1) is 7.56. The Kier molecular flexibility index (Phi) is 2.32. The molecule has 0 spiro atoms. The number of nitro groups is 1. The molecule has 0 saturated carbocycles. The van der Waals surface area contributed by atoms with E-state index < -0.39 is 10.9 Å². The summed E-state index contributed by atoms with van der Waals surface area (Å²) in [5.74, 6) is -0.127. The van der Waals surface area contributed by atoms with Crippen molar-refractivity contribution in [1.29, 1.82) is 0 Å². The molecule has 1 aromatic rings. The van der Waals surface area contributed by atoms with Crippen LogP contribution in [-0.4, -0.2) is 10.9 Å². The van der Waals surface area contributed by atoms with Crippen LogP contribution in [0.1, 0.15) is 12.7 Å². The van der Waals surface area contributed by atoms with Gasteiger partial charge in [0.25, 0.3) is 0 Å². The van der Waals surface area contributed by atoms with Crippen molar-refractivity contribution in [1.82, 2.24) is 0 Å². The lowest BCUT2D eigenvalue weighted by Gasteiger charge is -1.91. The van der Waals surface area contributed by atoms with Crippen molar-refractivity contribution < 1.29 is 18.9 Å². The lowest BCUT2D eigenvalue weighted by molar-refractivity contribution is -0.402. The Bertz CT molecular complexity index is 523. The van der Waals surface area contributed by atoms with E-state index in [1.165, 1.54) is 24.3 Å². The van der Waals surface area contributed by atoms with Crippen LogP contribution in [0.4, 0.5) is 5.88 Å². The van der Waals surface area contributed by atoms with Gasteiger partial charge in [0.15, 0.2) is 0 Å². The van der Waals surface area contributed by atoms with Gasteiger partial charge in [0.05, 0.1) is 11.6 Å². The highest BCUT2D eigenvalue weighted by Gasteiger charge is 2.19. The predicted octanol–water partition coefficient (Wildman–Crippen LogP) is 2.03. The van der Waals surface area contributed by atoms with E-state index in [-0.39, 0.29) is 11.6 Å². The number of esters is 1. The van der Waals surface area contributed by atoms with Gasteiger partial charge in [0.2, 0.25) is 0 Å². The number of cyclic esters (lactones) is 1. The van der Waals surface area contributed by atoms with Crippen molar-refractivity contribution in [3.05, 3.63) is 45.4 Å². The van der Waals surface area contributed by atoms with Crippen LogP contribution in [0.15, 0.2) is 34.0 Å². The van der Waals surface area contributed by atoms with Crippen molar-refractivity contribution in [2.24, 2.45) is 0 Å². The molecule has 0 amide bonds. The van der Waals surface area contributed by atoms with E-state index >= 15 is 0 Å². The first kappa shape index (κ1) is 10.2.